The third-order valence-corrected chi connectivity index (χ3v) is 3.32. The largest absolute Gasteiger partial charge is 0.144 e. The van der Waals surface area contributed by atoms with Crippen LogP contribution < -0.4 is 0 Å². The van der Waals surface area contributed by atoms with Crippen molar-refractivity contribution in [2.75, 3.05) is 0 Å². The lowest BCUT2D eigenvalue weighted by Crippen LogP contribution is -1.80. The number of benzene rings is 1. The van der Waals surface area contributed by atoms with Crippen LogP contribution in [0.2, 0.25) is 0 Å². The van der Waals surface area contributed by atoms with Gasteiger partial charge in [0.2, 0.25) is 0 Å². The first-order valence-electron chi connectivity index (χ1n) is 4.28. The van der Waals surface area contributed by atoms with Gasteiger partial charge in [-0.1, -0.05) is 19.1 Å². The summed E-state index contributed by atoms with van der Waals surface area (Å²) in [6, 6.07) is 6.57. The standard InChI is InChI=1S/C11H12S/c1-3-9-5-4-6-10-11(9)8(2)7-12-10/h4-7H,3H2,1-2H3. The predicted octanol–water partition coefficient (Wildman–Crippen LogP) is 3.77. The minimum atomic E-state index is 1.13. The van der Waals surface area contributed by atoms with E-state index in [1.54, 1.807) is 0 Å². The van der Waals surface area contributed by atoms with Crippen molar-refractivity contribution in [1.82, 2.24) is 0 Å². The first-order valence-corrected chi connectivity index (χ1v) is 5.16. The zero-order chi connectivity index (χ0) is 8.55. The minimum Gasteiger partial charge on any atom is -0.144 e. The van der Waals surface area contributed by atoms with Gasteiger partial charge in [0.15, 0.2) is 0 Å². The normalized spacial score (nSPS) is 10.8. The molecule has 0 nitrogen and oxygen atoms in total. The lowest BCUT2D eigenvalue weighted by molar-refractivity contribution is 1.16. The van der Waals surface area contributed by atoms with Gasteiger partial charge in [-0.25, -0.2) is 0 Å². The molecule has 0 bridgehead atoms. The second-order valence-corrected chi connectivity index (χ2v) is 3.97. The van der Waals surface area contributed by atoms with E-state index in [0.29, 0.717) is 0 Å². The highest BCUT2D eigenvalue weighted by atomic mass is 32.1. The van der Waals surface area contributed by atoms with Gasteiger partial charge in [0.25, 0.3) is 0 Å². The van der Waals surface area contributed by atoms with Gasteiger partial charge >= 0.3 is 0 Å². The molecule has 0 atom stereocenters. The fourth-order valence-electron chi connectivity index (χ4n) is 1.63. The van der Waals surface area contributed by atoms with Crippen LogP contribution in [0.15, 0.2) is 23.6 Å². The summed E-state index contributed by atoms with van der Waals surface area (Å²) in [6.07, 6.45) is 1.13. The summed E-state index contributed by atoms with van der Waals surface area (Å²) in [6.45, 7) is 4.41. The van der Waals surface area contributed by atoms with Crippen molar-refractivity contribution in [3.05, 3.63) is 34.7 Å². The zero-order valence-corrected chi connectivity index (χ0v) is 8.24. The van der Waals surface area contributed by atoms with Gasteiger partial charge in [0.05, 0.1) is 0 Å². The van der Waals surface area contributed by atoms with Crippen LogP contribution >= 0.6 is 11.3 Å². The fraction of sp³-hybridized carbons (Fsp3) is 0.273. The van der Waals surface area contributed by atoms with Crippen LogP contribution in [0.1, 0.15) is 18.1 Å². The molecule has 0 spiro atoms. The predicted molar refractivity (Wildman–Crippen MR) is 55.9 cm³/mol. The Hall–Kier alpha value is -0.820. The van der Waals surface area contributed by atoms with Crippen molar-refractivity contribution in [3.63, 3.8) is 0 Å². The summed E-state index contributed by atoms with van der Waals surface area (Å²) < 4.78 is 1.42. The van der Waals surface area contributed by atoms with Gasteiger partial charge in [-0.05, 0) is 41.3 Å². The average molecular weight is 176 g/mol. The Morgan fingerprint density at radius 1 is 1.33 bits per heavy atom. The zero-order valence-electron chi connectivity index (χ0n) is 7.42. The van der Waals surface area contributed by atoms with Crippen molar-refractivity contribution in [3.8, 4) is 0 Å². The molecule has 0 saturated heterocycles. The summed E-state index contributed by atoms with van der Waals surface area (Å²) >= 11 is 1.84. The Balaban J connectivity index is 2.84. The summed E-state index contributed by atoms with van der Waals surface area (Å²) in [5.74, 6) is 0. The van der Waals surface area contributed by atoms with Gasteiger partial charge in [0.1, 0.15) is 0 Å². The monoisotopic (exact) mass is 176 g/mol. The van der Waals surface area contributed by atoms with Crippen LogP contribution in [-0.2, 0) is 6.42 Å². The van der Waals surface area contributed by atoms with E-state index in [1.165, 1.54) is 21.2 Å². The van der Waals surface area contributed by atoms with Crippen molar-refractivity contribution in [2.24, 2.45) is 0 Å². The molecule has 1 aromatic carbocycles. The molecule has 1 heterocycles. The molecule has 0 unspecified atom stereocenters. The maximum atomic E-state index is 2.24. The quantitative estimate of drug-likeness (QED) is 0.620. The van der Waals surface area contributed by atoms with Gasteiger partial charge in [-0.2, -0.15) is 0 Å². The Morgan fingerprint density at radius 3 is 2.92 bits per heavy atom. The summed E-state index contributed by atoms with van der Waals surface area (Å²) in [7, 11) is 0. The Labute approximate surface area is 76.8 Å². The van der Waals surface area contributed by atoms with Crippen molar-refractivity contribution in [1.29, 1.82) is 0 Å². The number of thiophene rings is 1. The van der Waals surface area contributed by atoms with Crippen molar-refractivity contribution in [2.45, 2.75) is 20.3 Å². The van der Waals surface area contributed by atoms with E-state index in [-0.39, 0.29) is 0 Å². The molecule has 0 aliphatic rings. The number of hydrogen-bond acceptors (Lipinski definition) is 1. The molecule has 0 N–H and O–H groups in total. The summed E-state index contributed by atoms with van der Waals surface area (Å²) in [5.41, 5.74) is 2.90. The molecule has 62 valence electrons. The highest BCUT2D eigenvalue weighted by Gasteiger charge is 2.02. The van der Waals surface area contributed by atoms with Crippen LogP contribution in [-0.4, -0.2) is 0 Å². The van der Waals surface area contributed by atoms with E-state index in [2.05, 4.69) is 37.4 Å². The molecule has 2 aromatic rings. The molecule has 0 fully saturated rings. The van der Waals surface area contributed by atoms with E-state index in [9.17, 15) is 0 Å². The van der Waals surface area contributed by atoms with Crippen LogP contribution in [0.25, 0.3) is 10.1 Å². The molecular formula is C11H12S. The van der Waals surface area contributed by atoms with E-state index in [4.69, 9.17) is 0 Å². The maximum absolute atomic E-state index is 2.24. The van der Waals surface area contributed by atoms with Gasteiger partial charge in [-0.3, -0.25) is 0 Å². The minimum absolute atomic E-state index is 1.13. The second kappa shape index (κ2) is 2.91. The molecule has 0 aliphatic heterocycles. The molecule has 0 aliphatic carbocycles. The molecule has 2 rings (SSSR count). The smallest absolute Gasteiger partial charge is 0.0348 e. The summed E-state index contributed by atoms with van der Waals surface area (Å²) in [4.78, 5) is 0. The highest BCUT2D eigenvalue weighted by molar-refractivity contribution is 7.17. The van der Waals surface area contributed by atoms with Crippen molar-refractivity contribution < 1.29 is 0 Å². The first kappa shape index (κ1) is 7.81. The van der Waals surface area contributed by atoms with E-state index in [0.717, 1.165) is 6.42 Å². The Kier molecular flexibility index (Phi) is 1.89. The highest BCUT2D eigenvalue weighted by Crippen LogP contribution is 2.28. The molecule has 1 aromatic heterocycles. The van der Waals surface area contributed by atoms with Gasteiger partial charge < -0.3 is 0 Å². The number of aryl methyl sites for hydroxylation is 2. The van der Waals surface area contributed by atoms with E-state index < -0.39 is 0 Å². The Bertz CT molecular complexity index is 398. The van der Waals surface area contributed by atoms with Crippen LogP contribution in [0.5, 0.6) is 0 Å². The van der Waals surface area contributed by atoms with Crippen LogP contribution in [0.3, 0.4) is 0 Å². The lowest BCUT2D eigenvalue weighted by atomic mass is 10.1. The summed E-state index contributed by atoms with van der Waals surface area (Å²) in [5, 5.41) is 3.72. The fourth-order valence-corrected chi connectivity index (χ4v) is 2.62. The first-order chi connectivity index (χ1) is 5.83. The Morgan fingerprint density at radius 2 is 2.17 bits per heavy atom. The van der Waals surface area contributed by atoms with Gasteiger partial charge in [-0.15, -0.1) is 11.3 Å². The molecular weight excluding hydrogens is 164 g/mol. The van der Waals surface area contributed by atoms with E-state index in [1.807, 2.05) is 11.3 Å². The molecule has 12 heavy (non-hydrogen) atoms. The SMILES string of the molecule is CCc1cccc2scc(C)c12. The van der Waals surface area contributed by atoms with Crippen molar-refractivity contribution >= 4 is 21.4 Å². The third-order valence-electron chi connectivity index (χ3n) is 2.25. The molecule has 0 amide bonds. The number of fused-ring (bicyclic) bond motifs is 1. The number of hydrogen-bond donors (Lipinski definition) is 0. The maximum Gasteiger partial charge on any atom is 0.0348 e. The topological polar surface area (TPSA) is 0 Å². The second-order valence-electron chi connectivity index (χ2n) is 3.06. The molecule has 0 saturated carbocycles. The van der Waals surface area contributed by atoms with Gasteiger partial charge in [0, 0.05) is 4.70 Å². The third kappa shape index (κ3) is 1.05. The molecule has 1 heteroatoms. The average Bonchev–Trinajstić information content (AvgIpc) is 2.48. The lowest BCUT2D eigenvalue weighted by Gasteiger charge is -1.99. The molecule has 0 radical (unpaired) electrons. The number of rotatable bonds is 1. The van der Waals surface area contributed by atoms with E-state index >= 15 is 0 Å². The van der Waals surface area contributed by atoms with Crippen LogP contribution in [0, 0.1) is 6.92 Å². The van der Waals surface area contributed by atoms with Crippen LogP contribution in [0.4, 0.5) is 0 Å².